The molecule has 7 heteroatoms. The van der Waals surface area contributed by atoms with Crippen molar-refractivity contribution in [3.63, 3.8) is 0 Å². The number of nitrogens with one attached hydrogen (secondary N) is 1. The molecule has 0 spiro atoms. The normalized spacial score (nSPS) is 14.0. The second-order valence-electron chi connectivity index (χ2n) is 7.53. The number of methoxy groups -OCH3 is 1. The van der Waals surface area contributed by atoms with E-state index >= 15 is 0 Å². The molecule has 1 aliphatic rings. The number of amides is 1. The fourth-order valence-electron chi connectivity index (χ4n) is 3.96. The molecule has 31 heavy (non-hydrogen) atoms. The molecule has 5 nitrogen and oxygen atoms in total. The van der Waals surface area contributed by atoms with Crippen molar-refractivity contribution in [2.24, 2.45) is 0 Å². The number of carbonyl (C=O) groups excluding carboxylic acids is 1. The van der Waals surface area contributed by atoms with E-state index in [1.54, 1.807) is 7.11 Å². The Balaban J connectivity index is 0.00000272. The number of hydrogen-bond donors (Lipinski definition) is 1. The number of piperidine rings is 1. The van der Waals surface area contributed by atoms with Crippen LogP contribution in [0.4, 0.5) is 0 Å². The predicted molar refractivity (Wildman–Crippen MR) is 128 cm³/mol. The van der Waals surface area contributed by atoms with E-state index in [1.807, 2.05) is 66.5 Å². The molecule has 0 aliphatic carbocycles. The molecule has 2 heterocycles. The fraction of sp³-hybridized carbons (Fsp3) is 0.292. The van der Waals surface area contributed by atoms with Crippen LogP contribution in [0.25, 0.3) is 16.9 Å². The van der Waals surface area contributed by atoms with E-state index in [0.717, 1.165) is 54.3 Å². The van der Waals surface area contributed by atoms with Crippen LogP contribution in [0, 0.1) is 6.92 Å². The summed E-state index contributed by atoms with van der Waals surface area (Å²) in [5.74, 6) is 0.698. The molecule has 164 valence electrons. The first-order chi connectivity index (χ1) is 14.6. The number of carbonyl (C=O) groups is 1. The number of hydrogen-bond acceptors (Lipinski definition) is 3. The Morgan fingerprint density at radius 3 is 2.35 bits per heavy atom. The summed E-state index contributed by atoms with van der Waals surface area (Å²) in [6.45, 7) is 3.74. The van der Waals surface area contributed by atoms with Crippen molar-refractivity contribution in [2.75, 3.05) is 20.2 Å². The Bertz CT molecular complexity index is 1040. The van der Waals surface area contributed by atoms with Crippen molar-refractivity contribution in [2.45, 2.75) is 26.2 Å². The molecule has 0 unspecified atom stereocenters. The third kappa shape index (κ3) is 4.90. The molecule has 3 aromatic rings. The monoisotopic (exact) mass is 459 g/mol. The van der Waals surface area contributed by atoms with Gasteiger partial charge in [-0.15, -0.1) is 12.4 Å². The summed E-state index contributed by atoms with van der Waals surface area (Å²) in [5.41, 5.74) is 7.31. The van der Waals surface area contributed by atoms with E-state index in [9.17, 15) is 4.79 Å². The van der Waals surface area contributed by atoms with Crippen molar-refractivity contribution in [3.05, 3.63) is 70.9 Å². The van der Waals surface area contributed by atoms with E-state index in [4.69, 9.17) is 16.3 Å². The van der Waals surface area contributed by atoms with Crippen LogP contribution in [0.5, 0.6) is 5.75 Å². The molecule has 4 rings (SSSR count). The van der Waals surface area contributed by atoms with Gasteiger partial charge in [0.15, 0.2) is 0 Å². The first-order valence-corrected chi connectivity index (χ1v) is 10.6. The molecule has 1 saturated heterocycles. The molecule has 1 fully saturated rings. The third-order valence-electron chi connectivity index (χ3n) is 5.59. The molecule has 1 aromatic heterocycles. The molecular formula is C24H27Cl2N3O2. The van der Waals surface area contributed by atoms with Crippen LogP contribution in [0.2, 0.25) is 5.02 Å². The lowest BCUT2D eigenvalue weighted by atomic mass is 10.1. The molecule has 1 aliphatic heterocycles. The van der Waals surface area contributed by atoms with Crippen LogP contribution >= 0.6 is 24.0 Å². The molecule has 2 aromatic carbocycles. The summed E-state index contributed by atoms with van der Waals surface area (Å²) in [6.07, 6.45) is 3.43. The zero-order valence-electron chi connectivity index (χ0n) is 17.7. The molecular weight excluding hydrogens is 433 g/mol. The van der Waals surface area contributed by atoms with Gasteiger partial charge >= 0.3 is 0 Å². The van der Waals surface area contributed by atoms with Gasteiger partial charge in [-0.25, -0.2) is 5.01 Å². The van der Waals surface area contributed by atoms with Crippen LogP contribution in [-0.4, -0.2) is 35.7 Å². The van der Waals surface area contributed by atoms with Gasteiger partial charge in [-0.05, 0) is 67.8 Å². The third-order valence-corrected chi connectivity index (χ3v) is 5.91. The highest BCUT2D eigenvalue weighted by Crippen LogP contribution is 2.33. The van der Waals surface area contributed by atoms with Crippen molar-refractivity contribution >= 4 is 29.9 Å². The second-order valence-corrected chi connectivity index (χ2v) is 7.94. The van der Waals surface area contributed by atoms with Gasteiger partial charge in [-0.3, -0.25) is 10.2 Å². The van der Waals surface area contributed by atoms with Crippen LogP contribution < -0.4 is 10.2 Å². The van der Waals surface area contributed by atoms with E-state index in [2.05, 4.69) is 9.99 Å². The summed E-state index contributed by atoms with van der Waals surface area (Å²) < 4.78 is 7.34. The first kappa shape index (κ1) is 23.2. The van der Waals surface area contributed by atoms with Gasteiger partial charge < -0.3 is 9.30 Å². The summed E-state index contributed by atoms with van der Waals surface area (Å²) in [5, 5.41) is 2.65. The van der Waals surface area contributed by atoms with Gasteiger partial charge in [-0.2, -0.15) is 0 Å². The molecule has 1 N–H and O–H groups in total. The Labute approximate surface area is 194 Å². The lowest BCUT2D eigenvalue weighted by Crippen LogP contribution is -2.45. The van der Waals surface area contributed by atoms with Gasteiger partial charge in [0.05, 0.1) is 29.1 Å². The molecule has 0 saturated carbocycles. The number of hydrazine groups is 1. The van der Waals surface area contributed by atoms with Crippen molar-refractivity contribution in [1.29, 1.82) is 0 Å². The maximum atomic E-state index is 13.1. The minimum atomic E-state index is -0.0880. The van der Waals surface area contributed by atoms with Crippen molar-refractivity contribution in [3.8, 4) is 22.7 Å². The standard InChI is InChI=1S/C24H26ClN3O2.ClH/c1-17-20(24(29)26-27-14-6-3-7-15-27)16-23(18-10-12-19(30-2)13-11-18)28(17)22-9-5-4-8-21(22)25;/h4-5,8-13,16H,3,6-7,14-15H2,1-2H3,(H,26,29);1H. The zero-order valence-corrected chi connectivity index (χ0v) is 19.3. The zero-order chi connectivity index (χ0) is 21.1. The average Bonchev–Trinajstić information content (AvgIpc) is 3.12. The number of para-hydroxylation sites is 1. The number of rotatable bonds is 5. The van der Waals surface area contributed by atoms with Crippen molar-refractivity contribution in [1.82, 2.24) is 15.0 Å². The van der Waals surface area contributed by atoms with Gasteiger partial charge in [0.2, 0.25) is 0 Å². The van der Waals surface area contributed by atoms with Gasteiger partial charge in [0.25, 0.3) is 5.91 Å². The molecule has 0 radical (unpaired) electrons. The Morgan fingerprint density at radius 1 is 1.03 bits per heavy atom. The lowest BCUT2D eigenvalue weighted by molar-refractivity contribution is 0.0749. The predicted octanol–water partition coefficient (Wildman–Crippen LogP) is 5.67. The number of aromatic nitrogens is 1. The Morgan fingerprint density at radius 2 is 1.71 bits per heavy atom. The molecule has 0 bridgehead atoms. The quantitative estimate of drug-likeness (QED) is 0.534. The molecule has 0 atom stereocenters. The highest BCUT2D eigenvalue weighted by molar-refractivity contribution is 6.32. The van der Waals surface area contributed by atoms with Crippen LogP contribution in [0.15, 0.2) is 54.6 Å². The lowest BCUT2D eigenvalue weighted by Gasteiger charge is -2.26. The highest BCUT2D eigenvalue weighted by atomic mass is 35.5. The fourth-order valence-corrected chi connectivity index (χ4v) is 4.18. The van der Waals surface area contributed by atoms with Gasteiger partial charge in [0, 0.05) is 18.8 Å². The number of benzene rings is 2. The van der Waals surface area contributed by atoms with E-state index in [-0.39, 0.29) is 18.3 Å². The summed E-state index contributed by atoms with van der Waals surface area (Å²) in [7, 11) is 1.65. The Kier molecular flexibility index (Phi) is 7.65. The average molecular weight is 460 g/mol. The summed E-state index contributed by atoms with van der Waals surface area (Å²) in [6, 6.07) is 17.5. The smallest absolute Gasteiger partial charge is 0.267 e. The largest absolute Gasteiger partial charge is 0.497 e. The van der Waals surface area contributed by atoms with E-state index in [0.29, 0.717) is 10.6 Å². The Hall–Kier alpha value is -2.47. The minimum Gasteiger partial charge on any atom is -0.497 e. The maximum Gasteiger partial charge on any atom is 0.267 e. The minimum absolute atomic E-state index is 0. The number of ether oxygens (including phenoxy) is 1. The van der Waals surface area contributed by atoms with Gasteiger partial charge in [-0.1, -0.05) is 30.2 Å². The van der Waals surface area contributed by atoms with Crippen LogP contribution in [0.3, 0.4) is 0 Å². The SMILES string of the molecule is COc1ccc(-c2cc(C(=O)NN3CCCCC3)c(C)n2-c2ccccc2Cl)cc1.Cl. The second kappa shape index (κ2) is 10.2. The van der Waals surface area contributed by atoms with Crippen LogP contribution in [0.1, 0.15) is 35.3 Å². The summed E-state index contributed by atoms with van der Waals surface area (Å²) >= 11 is 6.53. The topological polar surface area (TPSA) is 46.5 Å². The van der Waals surface area contributed by atoms with Gasteiger partial charge in [0.1, 0.15) is 5.75 Å². The number of halogens is 2. The van der Waals surface area contributed by atoms with E-state index < -0.39 is 0 Å². The maximum absolute atomic E-state index is 13.1. The molecule has 1 amide bonds. The van der Waals surface area contributed by atoms with Crippen molar-refractivity contribution < 1.29 is 9.53 Å². The van der Waals surface area contributed by atoms with E-state index in [1.165, 1.54) is 6.42 Å². The summed E-state index contributed by atoms with van der Waals surface area (Å²) in [4.78, 5) is 13.1. The first-order valence-electron chi connectivity index (χ1n) is 10.3. The highest BCUT2D eigenvalue weighted by Gasteiger charge is 2.22. The van der Waals surface area contributed by atoms with Crippen LogP contribution in [-0.2, 0) is 0 Å². The number of nitrogens with zero attached hydrogens (tertiary/aromatic N) is 2.